The van der Waals surface area contributed by atoms with Crippen molar-refractivity contribution in [1.29, 1.82) is 0 Å². The number of piperidine rings is 1. The number of benzene rings is 2. The number of hydrogen-bond donors (Lipinski definition) is 2. The summed E-state index contributed by atoms with van der Waals surface area (Å²) in [6.45, 7) is 3.16. The Hall–Kier alpha value is -5.06. The molecule has 0 unspecified atom stereocenters. The fraction of sp³-hybridized carbons (Fsp3) is 0.290. The van der Waals surface area contributed by atoms with Crippen molar-refractivity contribution in [2.75, 3.05) is 32.6 Å². The minimum atomic E-state index is -0.387. The maximum absolute atomic E-state index is 13.4. The first-order valence-corrected chi connectivity index (χ1v) is 13.8. The highest BCUT2D eigenvalue weighted by atomic mass is 16.5. The van der Waals surface area contributed by atoms with E-state index in [2.05, 4.69) is 14.7 Å². The Morgan fingerprint density at radius 1 is 1.05 bits per heavy atom. The van der Waals surface area contributed by atoms with Gasteiger partial charge in [0.25, 0.3) is 5.91 Å². The van der Waals surface area contributed by atoms with Crippen molar-refractivity contribution in [1.82, 2.24) is 23.8 Å². The standard InChI is InChI=1S/C31H33N7O4/c1-18-28-27(35-29(38(28)15-12-33-18)19-10-13-37(14-11-19)31(32)40)20-8-9-22(26(16-20)42-4)34-30(39)24-17-21-23(36(24)2)6-5-7-25(21)41-3/h5-9,12,15-17,19H,10-11,13-14H2,1-4H3,(H2,32,40)(H,34,39). The minimum absolute atomic E-state index is 0.170. The summed E-state index contributed by atoms with van der Waals surface area (Å²) in [5, 5.41) is 3.87. The number of aromatic nitrogens is 4. The smallest absolute Gasteiger partial charge is 0.314 e. The molecule has 1 aliphatic heterocycles. The number of hydrogen-bond acceptors (Lipinski definition) is 6. The number of methoxy groups -OCH3 is 2. The van der Waals surface area contributed by atoms with E-state index < -0.39 is 0 Å². The monoisotopic (exact) mass is 567 g/mol. The van der Waals surface area contributed by atoms with Crippen LogP contribution in [0.2, 0.25) is 0 Å². The number of aryl methyl sites for hydroxylation is 2. The van der Waals surface area contributed by atoms with Crippen molar-refractivity contribution in [3.63, 3.8) is 0 Å². The molecular formula is C31H33N7O4. The number of ether oxygens (including phenoxy) is 2. The molecule has 42 heavy (non-hydrogen) atoms. The Labute approximate surface area is 242 Å². The van der Waals surface area contributed by atoms with E-state index in [0.29, 0.717) is 36.0 Å². The summed E-state index contributed by atoms with van der Waals surface area (Å²) in [5.41, 5.74) is 10.8. The van der Waals surface area contributed by atoms with E-state index in [4.69, 9.17) is 20.2 Å². The van der Waals surface area contributed by atoms with E-state index in [-0.39, 0.29) is 17.9 Å². The van der Waals surface area contributed by atoms with Gasteiger partial charge in [0.2, 0.25) is 0 Å². The fourth-order valence-corrected chi connectivity index (χ4v) is 5.92. The Morgan fingerprint density at radius 2 is 1.81 bits per heavy atom. The van der Waals surface area contributed by atoms with Gasteiger partial charge in [0.05, 0.1) is 42.3 Å². The normalized spacial score (nSPS) is 14.0. The Bertz CT molecular complexity index is 1830. The molecule has 1 aliphatic rings. The summed E-state index contributed by atoms with van der Waals surface area (Å²) in [7, 11) is 5.05. The average Bonchev–Trinajstić information content (AvgIpc) is 3.56. The van der Waals surface area contributed by atoms with Crippen LogP contribution >= 0.6 is 0 Å². The molecule has 11 heteroatoms. The minimum Gasteiger partial charge on any atom is -0.496 e. The van der Waals surface area contributed by atoms with E-state index >= 15 is 0 Å². The molecule has 2 aromatic carbocycles. The van der Waals surface area contributed by atoms with Gasteiger partial charge in [-0.15, -0.1) is 0 Å². The van der Waals surface area contributed by atoms with Gasteiger partial charge < -0.3 is 30.0 Å². The lowest BCUT2D eigenvalue weighted by Crippen LogP contribution is -2.41. The summed E-state index contributed by atoms with van der Waals surface area (Å²) in [4.78, 5) is 36.4. The molecule has 216 valence electrons. The fourth-order valence-electron chi connectivity index (χ4n) is 5.92. The lowest BCUT2D eigenvalue weighted by Gasteiger charge is -2.30. The topological polar surface area (TPSA) is 129 Å². The molecule has 0 radical (unpaired) electrons. The van der Waals surface area contributed by atoms with E-state index in [9.17, 15) is 9.59 Å². The highest BCUT2D eigenvalue weighted by Crippen LogP contribution is 2.37. The Kier molecular flexibility index (Phi) is 6.93. The summed E-state index contributed by atoms with van der Waals surface area (Å²) < 4.78 is 15.1. The number of amides is 3. The second kappa shape index (κ2) is 10.7. The van der Waals surface area contributed by atoms with Gasteiger partial charge in [0.1, 0.15) is 23.0 Å². The molecule has 3 N–H and O–H groups in total. The molecule has 11 nitrogen and oxygen atoms in total. The lowest BCUT2D eigenvalue weighted by molar-refractivity contribution is 0.101. The molecule has 0 atom stereocenters. The van der Waals surface area contributed by atoms with Gasteiger partial charge >= 0.3 is 6.03 Å². The van der Waals surface area contributed by atoms with Crippen molar-refractivity contribution in [3.8, 4) is 22.8 Å². The van der Waals surface area contributed by atoms with Crippen LogP contribution < -0.4 is 20.5 Å². The number of urea groups is 1. The SMILES string of the molecule is COc1cc(-c2nc(C3CCN(C(N)=O)CC3)n3ccnc(C)c23)ccc1NC(=O)c1cc2c(OC)cccc2n1C. The summed E-state index contributed by atoms with van der Waals surface area (Å²) in [6, 6.07) is 12.8. The summed E-state index contributed by atoms with van der Waals surface area (Å²) >= 11 is 0. The van der Waals surface area contributed by atoms with Crippen LogP contribution in [0.5, 0.6) is 11.5 Å². The number of likely N-dealkylation sites (tertiary alicyclic amines) is 1. The summed E-state index contributed by atoms with van der Waals surface area (Å²) in [6.07, 6.45) is 5.26. The van der Waals surface area contributed by atoms with E-state index in [1.807, 2.05) is 67.2 Å². The van der Waals surface area contributed by atoms with Crippen molar-refractivity contribution in [3.05, 3.63) is 72.1 Å². The van der Waals surface area contributed by atoms with Crippen LogP contribution in [0.15, 0.2) is 54.9 Å². The number of nitrogens with zero attached hydrogens (tertiary/aromatic N) is 5. The molecule has 0 saturated carbocycles. The molecule has 1 saturated heterocycles. The first-order chi connectivity index (χ1) is 20.3. The number of primary amides is 1. The molecule has 4 heterocycles. The van der Waals surface area contributed by atoms with Gasteiger partial charge in [-0.2, -0.15) is 0 Å². The highest BCUT2D eigenvalue weighted by Gasteiger charge is 2.28. The van der Waals surface area contributed by atoms with Crippen LogP contribution in [0, 0.1) is 6.92 Å². The second-order valence-electron chi connectivity index (χ2n) is 10.5. The van der Waals surface area contributed by atoms with E-state index in [1.54, 1.807) is 25.3 Å². The molecular weight excluding hydrogens is 534 g/mol. The molecule has 3 amide bonds. The molecule has 3 aromatic heterocycles. The maximum atomic E-state index is 13.4. The quantitative estimate of drug-likeness (QED) is 0.305. The van der Waals surface area contributed by atoms with Gasteiger partial charge in [-0.1, -0.05) is 12.1 Å². The average molecular weight is 568 g/mol. The number of carbonyl (C=O) groups is 2. The zero-order chi connectivity index (χ0) is 29.5. The first-order valence-electron chi connectivity index (χ1n) is 13.8. The van der Waals surface area contributed by atoms with Gasteiger partial charge in [-0.05, 0) is 50.1 Å². The third-order valence-electron chi connectivity index (χ3n) is 8.16. The second-order valence-corrected chi connectivity index (χ2v) is 10.5. The molecule has 0 aliphatic carbocycles. The Balaban J connectivity index is 1.33. The van der Waals surface area contributed by atoms with Crippen LogP contribution in [0.1, 0.15) is 40.8 Å². The molecule has 0 bridgehead atoms. The maximum Gasteiger partial charge on any atom is 0.314 e. The first kappa shape index (κ1) is 27.1. The molecule has 0 spiro atoms. The van der Waals surface area contributed by atoms with Crippen LogP contribution in [0.4, 0.5) is 10.5 Å². The van der Waals surface area contributed by atoms with Crippen LogP contribution in [0.25, 0.3) is 27.7 Å². The van der Waals surface area contributed by atoms with Crippen molar-refractivity contribution in [2.24, 2.45) is 12.8 Å². The number of rotatable bonds is 6. The highest BCUT2D eigenvalue weighted by molar-refractivity contribution is 6.08. The van der Waals surface area contributed by atoms with Gasteiger partial charge in [-0.3, -0.25) is 14.2 Å². The van der Waals surface area contributed by atoms with Crippen LogP contribution in [-0.4, -0.2) is 63.1 Å². The molecule has 6 rings (SSSR count). The molecule has 1 fully saturated rings. The number of fused-ring (bicyclic) bond motifs is 2. The van der Waals surface area contributed by atoms with E-state index in [1.165, 1.54) is 0 Å². The lowest BCUT2D eigenvalue weighted by atomic mass is 9.96. The zero-order valence-electron chi connectivity index (χ0n) is 24.0. The van der Waals surface area contributed by atoms with Crippen LogP contribution in [-0.2, 0) is 7.05 Å². The van der Waals surface area contributed by atoms with Crippen molar-refractivity contribution < 1.29 is 19.1 Å². The number of nitrogens with one attached hydrogen (secondary N) is 1. The number of anilines is 1. The molecule has 5 aromatic rings. The Morgan fingerprint density at radius 3 is 2.52 bits per heavy atom. The predicted octanol–water partition coefficient (Wildman–Crippen LogP) is 4.72. The largest absolute Gasteiger partial charge is 0.496 e. The van der Waals surface area contributed by atoms with Gasteiger partial charge in [0, 0.05) is 49.4 Å². The van der Waals surface area contributed by atoms with Crippen molar-refractivity contribution in [2.45, 2.75) is 25.7 Å². The third kappa shape index (κ3) is 4.56. The predicted molar refractivity (Wildman–Crippen MR) is 160 cm³/mol. The van der Waals surface area contributed by atoms with E-state index in [0.717, 1.165) is 52.0 Å². The third-order valence-corrected chi connectivity index (χ3v) is 8.16. The van der Waals surface area contributed by atoms with Crippen LogP contribution in [0.3, 0.4) is 0 Å². The van der Waals surface area contributed by atoms with Gasteiger partial charge in [0.15, 0.2) is 0 Å². The van der Waals surface area contributed by atoms with Crippen molar-refractivity contribution >= 4 is 34.0 Å². The number of imidazole rings is 1. The van der Waals surface area contributed by atoms with Gasteiger partial charge in [-0.25, -0.2) is 9.78 Å². The summed E-state index contributed by atoms with van der Waals surface area (Å²) in [5.74, 6) is 2.05. The zero-order valence-corrected chi connectivity index (χ0v) is 24.0. The number of carbonyl (C=O) groups excluding carboxylic acids is 2. The number of nitrogens with two attached hydrogens (primary N) is 1.